The third-order valence-electron chi connectivity index (χ3n) is 4.42. The van der Waals surface area contributed by atoms with Gasteiger partial charge in [-0.25, -0.2) is 9.78 Å². The van der Waals surface area contributed by atoms with Crippen LogP contribution in [0, 0.1) is 5.41 Å². The number of Topliss-reactive ketones (excluding diaryl/α,β-unsaturated/α-hetero) is 1. The maximum Gasteiger partial charge on any atom is 0.411 e. The van der Waals surface area contributed by atoms with Crippen LogP contribution in [-0.4, -0.2) is 33.1 Å². The number of carbonyl (C=O) groups is 2. The number of para-hydroxylation sites is 1. The average molecular weight is 444 g/mol. The summed E-state index contributed by atoms with van der Waals surface area (Å²) >= 11 is 5.89. The zero-order valence-electron chi connectivity index (χ0n) is 17.0. The first-order valence-corrected chi connectivity index (χ1v) is 9.78. The molecule has 0 fully saturated rings. The van der Waals surface area contributed by atoms with Crippen molar-refractivity contribution >= 4 is 29.2 Å². The molecular weight excluding hydrogens is 422 g/mol. The first-order valence-electron chi connectivity index (χ1n) is 9.40. The Labute approximate surface area is 184 Å². The van der Waals surface area contributed by atoms with Crippen LogP contribution in [0.1, 0.15) is 13.8 Å². The summed E-state index contributed by atoms with van der Waals surface area (Å²) in [6.07, 6.45) is 3.33. The number of carbonyl (C=O) groups excluding carboxylic acids is 2. The van der Waals surface area contributed by atoms with E-state index in [0.717, 1.165) is 4.57 Å². The van der Waals surface area contributed by atoms with Crippen LogP contribution in [0.2, 0.25) is 5.02 Å². The molecule has 0 aliphatic rings. The van der Waals surface area contributed by atoms with Gasteiger partial charge in [0, 0.05) is 23.1 Å². The van der Waals surface area contributed by atoms with Gasteiger partial charge in [0.15, 0.2) is 0 Å². The van der Waals surface area contributed by atoms with Gasteiger partial charge in [0.25, 0.3) is 0 Å². The molecule has 2 aromatic carbocycles. The van der Waals surface area contributed by atoms with Gasteiger partial charge in [-0.2, -0.15) is 0 Å². The highest BCUT2D eigenvalue weighted by atomic mass is 35.5. The molecule has 0 bridgehead atoms. The van der Waals surface area contributed by atoms with Crippen LogP contribution >= 0.6 is 11.6 Å². The summed E-state index contributed by atoms with van der Waals surface area (Å²) in [6, 6.07) is 14.9. The summed E-state index contributed by atoms with van der Waals surface area (Å²) in [7, 11) is 0. The quantitative estimate of drug-likeness (QED) is 0.509. The summed E-state index contributed by atoms with van der Waals surface area (Å²) in [5.41, 5.74) is -0.753. The van der Waals surface area contributed by atoms with Gasteiger partial charge in [-0.3, -0.25) is 14.7 Å². The molecule has 162 valence electrons. The van der Waals surface area contributed by atoms with E-state index in [2.05, 4.69) is 10.3 Å². The second-order valence-corrected chi connectivity index (χ2v) is 7.85. The van der Waals surface area contributed by atoms with Crippen molar-refractivity contribution in [2.75, 3.05) is 11.9 Å². The van der Waals surface area contributed by atoms with E-state index >= 15 is 0 Å². The lowest BCUT2D eigenvalue weighted by atomic mass is 9.86. The van der Waals surface area contributed by atoms with Gasteiger partial charge < -0.3 is 14.6 Å². The highest BCUT2D eigenvalue weighted by molar-refractivity contribution is 6.30. The molecule has 0 radical (unpaired) electrons. The zero-order chi connectivity index (χ0) is 22.5. The van der Waals surface area contributed by atoms with Crippen molar-refractivity contribution < 1.29 is 24.2 Å². The van der Waals surface area contributed by atoms with E-state index < -0.39 is 23.2 Å². The maximum absolute atomic E-state index is 13.4. The Morgan fingerprint density at radius 2 is 1.81 bits per heavy atom. The molecule has 1 unspecified atom stereocenters. The Morgan fingerprint density at radius 1 is 1.13 bits per heavy atom. The van der Waals surface area contributed by atoms with Crippen molar-refractivity contribution in [1.82, 2.24) is 9.55 Å². The number of nitrogens with one attached hydrogen (secondary N) is 1. The molecule has 1 heterocycles. The van der Waals surface area contributed by atoms with Crippen LogP contribution in [0.25, 0.3) is 0 Å². The normalized spacial score (nSPS) is 13.2. The minimum atomic E-state index is -2.42. The number of aromatic nitrogens is 2. The Morgan fingerprint density at radius 3 is 2.42 bits per heavy atom. The second-order valence-electron chi connectivity index (χ2n) is 7.41. The lowest BCUT2D eigenvalue weighted by molar-refractivity contribution is -0.217. The highest BCUT2D eigenvalue weighted by Crippen LogP contribution is 2.31. The third-order valence-corrected chi connectivity index (χ3v) is 4.67. The summed E-state index contributed by atoms with van der Waals surface area (Å²) in [5, 5.41) is 14.3. The SMILES string of the molecule is CC(C)(COC(=O)Nc1ccccc1)C(=O)C(O)(Oc1ccc(Cl)cc1)n1ccnc1. The van der Waals surface area contributed by atoms with E-state index in [0.29, 0.717) is 10.7 Å². The van der Waals surface area contributed by atoms with Crippen molar-refractivity contribution in [2.45, 2.75) is 19.8 Å². The van der Waals surface area contributed by atoms with Crippen molar-refractivity contribution in [3.8, 4) is 5.75 Å². The van der Waals surface area contributed by atoms with Gasteiger partial charge in [-0.15, -0.1) is 0 Å². The number of amides is 1. The number of benzene rings is 2. The molecule has 2 N–H and O–H groups in total. The predicted octanol–water partition coefficient (Wildman–Crippen LogP) is 4.06. The fourth-order valence-corrected chi connectivity index (χ4v) is 2.88. The average Bonchev–Trinajstić information content (AvgIpc) is 3.30. The van der Waals surface area contributed by atoms with E-state index in [1.807, 2.05) is 6.07 Å². The predicted molar refractivity (Wildman–Crippen MR) is 115 cm³/mol. The summed E-state index contributed by atoms with van der Waals surface area (Å²) in [5.74, 6) is -2.94. The molecule has 1 aromatic heterocycles. The Kier molecular flexibility index (Phi) is 6.62. The van der Waals surface area contributed by atoms with Crippen molar-refractivity contribution in [3.63, 3.8) is 0 Å². The van der Waals surface area contributed by atoms with E-state index in [1.54, 1.807) is 36.4 Å². The smallest absolute Gasteiger partial charge is 0.411 e. The summed E-state index contributed by atoms with van der Waals surface area (Å²) in [4.78, 5) is 29.4. The number of ketones is 1. The van der Waals surface area contributed by atoms with E-state index in [4.69, 9.17) is 21.1 Å². The van der Waals surface area contributed by atoms with Crippen LogP contribution in [0.4, 0.5) is 10.5 Å². The number of nitrogens with zero attached hydrogens (tertiary/aromatic N) is 2. The number of halogens is 1. The highest BCUT2D eigenvalue weighted by Gasteiger charge is 2.49. The summed E-state index contributed by atoms with van der Waals surface area (Å²) < 4.78 is 12.0. The lowest BCUT2D eigenvalue weighted by Crippen LogP contribution is -2.53. The first-order chi connectivity index (χ1) is 14.7. The second kappa shape index (κ2) is 9.20. The lowest BCUT2D eigenvalue weighted by Gasteiger charge is -2.34. The van der Waals surface area contributed by atoms with Crippen LogP contribution in [0.15, 0.2) is 73.3 Å². The molecule has 8 nitrogen and oxygen atoms in total. The van der Waals surface area contributed by atoms with Gasteiger partial charge in [0.1, 0.15) is 18.7 Å². The minimum Gasteiger partial charge on any atom is -0.448 e. The molecule has 3 rings (SSSR count). The van der Waals surface area contributed by atoms with Gasteiger partial charge in [0.05, 0.1) is 5.41 Å². The first kappa shape index (κ1) is 22.3. The fourth-order valence-electron chi connectivity index (χ4n) is 2.75. The number of aliphatic hydroxyl groups is 1. The Balaban J connectivity index is 1.76. The molecule has 1 amide bonds. The molecular formula is C22H22ClN3O5. The van der Waals surface area contributed by atoms with Crippen LogP contribution < -0.4 is 10.1 Å². The van der Waals surface area contributed by atoms with Crippen LogP contribution in [-0.2, 0) is 15.4 Å². The molecule has 3 aromatic rings. The zero-order valence-corrected chi connectivity index (χ0v) is 17.7. The summed E-state index contributed by atoms with van der Waals surface area (Å²) in [6.45, 7) is 2.78. The van der Waals surface area contributed by atoms with E-state index in [1.165, 1.54) is 44.7 Å². The van der Waals surface area contributed by atoms with Gasteiger partial charge in [-0.05, 0) is 50.2 Å². The van der Waals surface area contributed by atoms with E-state index in [9.17, 15) is 14.7 Å². The molecule has 0 spiro atoms. The van der Waals surface area contributed by atoms with Crippen LogP contribution in [0.5, 0.6) is 5.75 Å². The number of hydrogen-bond acceptors (Lipinski definition) is 6. The number of rotatable bonds is 8. The number of imidazole rings is 1. The molecule has 0 saturated carbocycles. The van der Waals surface area contributed by atoms with Gasteiger partial charge in [0.2, 0.25) is 5.78 Å². The monoisotopic (exact) mass is 443 g/mol. The molecule has 0 saturated heterocycles. The molecule has 9 heteroatoms. The Hall–Kier alpha value is -3.36. The molecule has 0 aliphatic heterocycles. The van der Waals surface area contributed by atoms with Gasteiger partial charge >= 0.3 is 12.0 Å². The Bertz CT molecular complexity index is 1020. The topological polar surface area (TPSA) is 103 Å². The third kappa shape index (κ3) is 5.42. The van der Waals surface area contributed by atoms with Crippen molar-refractivity contribution in [3.05, 3.63) is 78.3 Å². The number of ether oxygens (including phenoxy) is 2. The molecule has 0 aliphatic carbocycles. The van der Waals surface area contributed by atoms with Crippen molar-refractivity contribution in [2.24, 2.45) is 5.41 Å². The van der Waals surface area contributed by atoms with Crippen molar-refractivity contribution in [1.29, 1.82) is 0 Å². The maximum atomic E-state index is 13.4. The molecule has 1 atom stereocenters. The van der Waals surface area contributed by atoms with Crippen LogP contribution in [0.3, 0.4) is 0 Å². The van der Waals surface area contributed by atoms with E-state index in [-0.39, 0.29) is 12.4 Å². The number of anilines is 1. The minimum absolute atomic E-state index is 0.215. The fraction of sp³-hybridized carbons (Fsp3) is 0.227. The largest absolute Gasteiger partial charge is 0.448 e. The number of hydrogen-bond donors (Lipinski definition) is 2. The van der Waals surface area contributed by atoms with Gasteiger partial charge in [-0.1, -0.05) is 29.8 Å². The molecule has 31 heavy (non-hydrogen) atoms. The standard InChI is InChI=1S/C22H22ClN3O5/c1-21(2,14-30-20(28)25-17-6-4-3-5-7-17)19(27)22(29,26-13-12-24-15-26)31-18-10-8-16(23)9-11-18/h3-13,15,29H,14H2,1-2H3,(H,25,28).